The molecule has 0 saturated carbocycles. The summed E-state index contributed by atoms with van der Waals surface area (Å²) in [6.45, 7) is 5.25. The molecule has 0 spiro atoms. The summed E-state index contributed by atoms with van der Waals surface area (Å²) in [6.07, 6.45) is -1.00. The molecule has 28 heavy (non-hydrogen) atoms. The van der Waals surface area contributed by atoms with Crippen LogP contribution in [0.4, 0.5) is 0 Å². The van der Waals surface area contributed by atoms with E-state index in [1.165, 1.54) is 21.1 Å². The monoisotopic (exact) mass is 390 g/mol. The van der Waals surface area contributed by atoms with Gasteiger partial charge in [0, 0.05) is 11.5 Å². The predicted octanol–water partition coefficient (Wildman–Crippen LogP) is 2.41. The van der Waals surface area contributed by atoms with E-state index < -0.39 is 35.0 Å². The van der Waals surface area contributed by atoms with Gasteiger partial charge in [0.1, 0.15) is 35.2 Å². The van der Waals surface area contributed by atoms with E-state index in [4.69, 9.17) is 23.4 Å². The SMILES string of the molecule is COc1cc(OC)c2c(=O)oc([C@@H](C)C(=O)O[C@H]3C(=O)OCC3(C)C)cc2c1. The third-order valence-corrected chi connectivity index (χ3v) is 4.80. The van der Waals surface area contributed by atoms with Crippen molar-refractivity contribution in [3.05, 3.63) is 34.4 Å². The Morgan fingerprint density at radius 1 is 1.18 bits per heavy atom. The van der Waals surface area contributed by atoms with Gasteiger partial charge in [0.05, 0.1) is 14.2 Å². The number of methoxy groups -OCH3 is 2. The molecule has 3 rings (SSSR count). The van der Waals surface area contributed by atoms with Crippen molar-refractivity contribution in [2.24, 2.45) is 5.41 Å². The van der Waals surface area contributed by atoms with Gasteiger partial charge in [0.2, 0.25) is 6.10 Å². The van der Waals surface area contributed by atoms with Crippen LogP contribution in [-0.4, -0.2) is 38.9 Å². The van der Waals surface area contributed by atoms with Crippen LogP contribution in [0, 0.1) is 5.41 Å². The lowest BCUT2D eigenvalue weighted by Crippen LogP contribution is -2.36. The van der Waals surface area contributed by atoms with E-state index >= 15 is 0 Å². The van der Waals surface area contributed by atoms with Gasteiger partial charge in [-0.2, -0.15) is 0 Å². The molecular formula is C20H22O8. The van der Waals surface area contributed by atoms with Crippen molar-refractivity contribution in [3.8, 4) is 11.5 Å². The molecule has 0 amide bonds. The Kier molecular flexibility index (Phi) is 5.06. The van der Waals surface area contributed by atoms with Crippen LogP contribution in [0.1, 0.15) is 32.4 Å². The highest BCUT2D eigenvalue weighted by atomic mass is 16.6. The summed E-state index contributed by atoms with van der Waals surface area (Å²) in [5.41, 5.74) is -1.27. The van der Waals surface area contributed by atoms with Crippen LogP contribution in [0.15, 0.2) is 27.4 Å². The Labute approximate surface area is 161 Å². The van der Waals surface area contributed by atoms with Gasteiger partial charge in [0.25, 0.3) is 0 Å². The lowest BCUT2D eigenvalue weighted by molar-refractivity contribution is -0.164. The lowest BCUT2D eigenvalue weighted by atomic mass is 9.89. The number of carbonyl (C=O) groups is 2. The van der Waals surface area contributed by atoms with Crippen LogP contribution in [0.5, 0.6) is 11.5 Å². The second-order valence-electron chi connectivity index (χ2n) is 7.37. The number of carbonyl (C=O) groups excluding carboxylic acids is 2. The average molecular weight is 390 g/mol. The molecule has 8 heteroatoms. The van der Waals surface area contributed by atoms with E-state index in [2.05, 4.69) is 0 Å². The number of cyclic esters (lactones) is 1. The first-order valence-corrected chi connectivity index (χ1v) is 8.75. The van der Waals surface area contributed by atoms with Gasteiger partial charge in [0.15, 0.2) is 0 Å². The predicted molar refractivity (Wildman–Crippen MR) is 98.6 cm³/mol. The average Bonchev–Trinajstić information content (AvgIpc) is 2.92. The quantitative estimate of drug-likeness (QED) is 0.718. The fraction of sp³-hybridized carbons (Fsp3) is 0.450. The number of hydrogen-bond acceptors (Lipinski definition) is 8. The number of benzene rings is 1. The second kappa shape index (κ2) is 7.18. The van der Waals surface area contributed by atoms with Crippen LogP contribution in [0.3, 0.4) is 0 Å². The van der Waals surface area contributed by atoms with Crippen molar-refractivity contribution in [2.45, 2.75) is 32.8 Å². The summed E-state index contributed by atoms with van der Waals surface area (Å²) in [5.74, 6) is -1.26. The lowest BCUT2D eigenvalue weighted by Gasteiger charge is -2.23. The first-order chi connectivity index (χ1) is 13.2. The molecule has 1 aliphatic rings. The Balaban J connectivity index is 1.95. The van der Waals surface area contributed by atoms with Crippen LogP contribution >= 0.6 is 0 Å². The van der Waals surface area contributed by atoms with Crippen molar-refractivity contribution in [1.82, 2.24) is 0 Å². The number of fused-ring (bicyclic) bond motifs is 1. The summed E-state index contributed by atoms with van der Waals surface area (Å²) in [6, 6.07) is 4.78. The first-order valence-electron chi connectivity index (χ1n) is 8.75. The largest absolute Gasteiger partial charge is 0.497 e. The minimum atomic E-state index is -1.00. The smallest absolute Gasteiger partial charge is 0.348 e. The van der Waals surface area contributed by atoms with Crippen molar-refractivity contribution < 1.29 is 33.0 Å². The van der Waals surface area contributed by atoms with Gasteiger partial charge in [-0.25, -0.2) is 9.59 Å². The molecule has 1 aromatic heterocycles. The molecule has 0 bridgehead atoms. The fourth-order valence-electron chi connectivity index (χ4n) is 3.05. The van der Waals surface area contributed by atoms with Gasteiger partial charge in [-0.05, 0) is 24.4 Å². The van der Waals surface area contributed by atoms with Crippen LogP contribution in [-0.2, 0) is 19.1 Å². The van der Waals surface area contributed by atoms with E-state index in [1.54, 1.807) is 32.0 Å². The molecule has 0 N–H and O–H groups in total. The van der Waals surface area contributed by atoms with E-state index in [9.17, 15) is 14.4 Å². The molecule has 0 aliphatic carbocycles. The molecule has 8 nitrogen and oxygen atoms in total. The molecule has 2 atom stereocenters. The molecule has 150 valence electrons. The molecule has 0 radical (unpaired) electrons. The second-order valence-corrected chi connectivity index (χ2v) is 7.37. The number of esters is 2. The number of ether oxygens (including phenoxy) is 4. The van der Waals surface area contributed by atoms with Crippen molar-refractivity contribution >= 4 is 22.7 Å². The van der Waals surface area contributed by atoms with Crippen LogP contribution in [0.2, 0.25) is 0 Å². The van der Waals surface area contributed by atoms with E-state index in [0.717, 1.165) is 0 Å². The van der Waals surface area contributed by atoms with Gasteiger partial charge in [-0.3, -0.25) is 4.79 Å². The fourth-order valence-corrected chi connectivity index (χ4v) is 3.05. The third kappa shape index (κ3) is 3.42. The standard InChI is InChI=1S/C20H22O8/c1-10(17(21)28-16-19(23)26-9-20(16,2)3)13-7-11-6-12(24-4)8-14(25-5)15(11)18(22)27-13/h6-8,10,16H,9H2,1-5H3/t10-,16+/m1/s1. The van der Waals surface area contributed by atoms with Gasteiger partial charge in [-0.15, -0.1) is 0 Å². The zero-order valence-corrected chi connectivity index (χ0v) is 16.4. The summed E-state index contributed by atoms with van der Waals surface area (Å²) < 4.78 is 26.1. The van der Waals surface area contributed by atoms with Gasteiger partial charge >= 0.3 is 17.6 Å². The van der Waals surface area contributed by atoms with Crippen LogP contribution < -0.4 is 15.1 Å². The minimum absolute atomic E-state index is 0.113. The van der Waals surface area contributed by atoms with E-state index in [0.29, 0.717) is 16.9 Å². The van der Waals surface area contributed by atoms with Crippen molar-refractivity contribution in [3.63, 3.8) is 0 Å². The Bertz CT molecular complexity index is 988. The van der Waals surface area contributed by atoms with Gasteiger partial charge in [-0.1, -0.05) is 13.8 Å². The Morgan fingerprint density at radius 3 is 2.46 bits per heavy atom. The first kappa shape index (κ1) is 19.7. The molecule has 2 aromatic rings. The molecular weight excluding hydrogens is 368 g/mol. The summed E-state index contributed by atoms with van der Waals surface area (Å²) in [4.78, 5) is 36.9. The zero-order valence-electron chi connectivity index (χ0n) is 16.4. The summed E-state index contributed by atoms with van der Waals surface area (Å²) >= 11 is 0. The highest BCUT2D eigenvalue weighted by molar-refractivity contribution is 5.90. The minimum Gasteiger partial charge on any atom is -0.497 e. The molecule has 1 saturated heterocycles. The molecule has 0 unspecified atom stereocenters. The van der Waals surface area contributed by atoms with E-state index in [1.807, 2.05) is 0 Å². The normalized spacial score (nSPS) is 19.2. The van der Waals surface area contributed by atoms with Crippen molar-refractivity contribution in [2.75, 3.05) is 20.8 Å². The van der Waals surface area contributed by atoms with Crippen molar-refractivity contribution in [1.29, 1.82) is 0 Å². The number of rotatable bonds is 5. The van der Waals surface area contributed by atoms with E-state index in [-0.39, 0.29) is 17.8 Å². The topological polar surface area (TPSA) is 101 Å². The highest BCUT2D eigenvalue weighted by Gasteiger charge is 2.47. The Hall–Kier alpha value is -3.03. The maximum atomic E-state index is 12.6. The highest BCUT2D eigenvalue weighted by Crippen LogP contribution is 2.34. The molecule has 1 aliphatic heterocycles. The summed E-state index contributed by atoms with van der Waals surface area (Å²) in [5, 5.41) is 0.746. The Morgan fingerprint density at radius 2 is 1.89 bits per heavy atom. The van der Waals surface area contributed by atoms with Gasteiger partial charge < -0.3 is 23.4 Å². The maximum Gasteiger partial charge on any atom is 0.348 e. The summed E-state index contributed by atoms with van der Waals surface area (Å²) in [7, 11) is 2.93. The maximum absolute atomic E-state index is 12.6. The van der Waals surface area contributed by atoms with Crippen LogP contribution in [0.25, 0.3) is 10.8 Å². The molecule has 1 fully saturated rings. The molecule has 1 aromatic carbocycles. The number of hydrogen-bond donors (Lipinski definition) is 0. The third-order valence-electron chi connectivity index (χ3n) is 4.80. The zero-order chi connectivity index (χ0) is 20.6. The molecule has 2 heterocycles.